The third-order valence-electron chi connectivity index (χ3n) is 2.10. The molecule has 90 valence electrons. The summed E-state index contributed by atoms with van der Waals surface area (Å²) < 4.78 is 47.0. The summed E-state index contributed by atoms with van der Waals surface area (Å²) in [7, 11) is 0. The Morgan fingerprint density at radius 1 is 1.24 bits per heavy atom. The highest BCUT2D eigenvalue weighted by Crippen LogP contribution is 2.26. The van der Waals surface area contributed by atoms with Crippen molar-refractivity contribution in [3.8, 4) is 17.1 Å². The van der Waals surface area contributed by atoms with Crippen LogP contribution in [0.4, 0.5) is 13.2 Å². The van der Waals surface area contributed by atoms with Crippen molar-refractivity contribution in [2.75, 3.05) is 6.61 Å². The normalized spacial score (nSPS) is 10.8. The van der Waals surface area contributed by atoms with E-state index in [4.69, 9.17) is 4.42 Å². The highest BCUT2D eigenvalue weighted by Gasteiger charge is 2.10. The second-order valence-corrected chi connectivity index (χ2v) is 3.32. The zero-order valence-corrected chi connectivity index (χ0v) is 8.70. The summed E-state index contributed by atoms with van der Waals surface area (Å²) in [4.78, 5) is 0. The molecule has 0 atom stereocenters. The van der Waals surface area contributed by atoms with Crippen molar-refractivity contribution in [2.24, 2.45) is 0 Å². The molecule has 0 saturated carbocycles. The molecule has 0 fully saturated rings. The molecule has 1 heterocycles. The molecule has 1 aromatic carbocycles. The van der Waals surface area contributed by atoms with Gasteiger partial charge in [-0.2, -0.15) is 0 Å². The van der Waals surface area contributed by atoms with E-state index in [1.807, 2.05) is 0 Å². The van der Waals surface area contributed by atoms with Crippen LogP contribution in [0.2, 0.25) is 0 Å². The van der Waals surface area contributed by atoms with Gasteiger partial charge in [0.15, 0.2) is 11.6 Å². The Kier molecular flexibility index (Phi) is 3.37. The third kappa shape index (κ3) is 2.81. The first-order chi connectivity index (χ1) is 8.16. The van der Waals surface area contributed by atoms with Gasteiger partial charge < -0.3 is 9.15 Å². The number of hydrogen-bond donors (Lipinski definition) is 0. The summed E-state index contributed by atoms with van der Waals surface area (Å²) in [5.74, 6) is -0.385. The molecule has 0 N–H and O–H groups in total. The number of alkyl halides is 2. The molecule has 0 bridgehead atoms. The van der Waals surface area contributed by atoms with E-state index in [1.165, 1.54) is 18.4 Å². The minimum absolute atomic E-state index is 0.194. The molecule has 0 unspecified atom stereocenters. The van der Waals surface area contributed by atoms with Crippen LogP contribution in [0.5, 0.6) is 5.75 Å². The Morgan fingerprint density at radius 3 is 2.65 bits per heavy atom. The van der Waals surface area contributed by atoms with Crippen molar-refractivity contribution < 1.29 is 22.3 Å². The predicted molar refractivity (Wildman–Crippen MR) is 55.6 cm³/mol. The fourth-order valence-electron chi connectivity index (χ4n) is 1.37. The van der Waals surface area contributed by atoms with Crippen LogP contribution < -0.4 is 4.74 Å². The lowest BCUT2D eigenvalue weighted by Crippen LogP contribution is -2.07. The highest BCUT2D eigenvalue weighted by molar-refractivity contribution is 5.58. The average Bonchev–Trinajstić information content (AvgIpc) is 2.80. The van der Waals surface area contributed by atoms with Crippen LogP contribution >= 0.6 is 0 Å². The van der Waals surface area contributed by atoms with Crippen LogP contribution in [0.25, 0.3) is 11.3 Å². The van der Waals surface area contributed by atoms with E-state index in [1.54, 1.807) is 18.2 Å². The van der Waals surface area contributed by atoms with Gasteiger partial charge in [-0.3, -0.25) is 0 Å². The molecule has 1 aromatic heterocycles. The maximum absolute atomic E-state index is 13.5. The Balaban J connectivity index is 2.17. The molecule has 0 aliphatic heterocycles. The van der Waals surface area contributed by atoms with Gasteiger partial charge in [0.25, 0.3) is 6.43 Å². The topological polar surface area (TPSA) is 22.4 Å². The average molecular weight is 242 g/mol. The van der Waals surface area contributed by atoms with Gasteiger partial charge >= 0.3 is 0 Å². The molecule has 0 spiro atoms. The molecular formula is C12H9F3O2. The summed E-state index contributed by atoms with van der Waals surface area (Å²) in [6, 6.07) is 7.38. The molecule has 5 heteroatoms. The number of ether oxygens (including phenoxy) is 1. The number of hydrogen-bond acceptors (Lipinski definition) is 2. The van der Waals surface area contributed by atoms with E-state index >= 15 is 0 Å². The summed E-state index contributed by atoms with van der Waals surface area (Å²) in [5, 5.41) is 0. The number of benzene rings is 1. The third-order valence-corrected chi connectivity index (χ3v) is 2.10. The molecule has 0 aliphatic rings. The van der Waals surface area contributed by atoms with E-state index in [0.29, 0.717) is 11.3 Å². The lowest BCUT2D eigenvalue weighted by atomic mass is 10.1. The second kappa shape index (κ2) is 4.95. The van der Waals surface area contributed by atoms with E-state index in [9.17, 15) is 13.2 Å². The number of furan rings is 1. The van der Waals surface area contributed by atoms with E-state index in [-0.39, 0.29) is 5.75 Å². The van der Waals surface area contributed by atoms with Gasteiger partial charge in [0, 0.05) is 5.56 Å². The molecule has 17 heavy (non-hydrogen) atoms. The summed E-state index contributed by atoms with van der Waals surface area (Å²) in [6.07, 6.45) is -1.16. The van der Waals surface area contributed by atoms with Gasteiger partial charge in [0.05, 0.1) is 6.26 Å². The molecule has 2 aromatic rings. The van der Waals surface area contributed by atoms with Gasteiger partial charge in [-0.05, 0) is 30.3 Å². The Hall–Kier alpha value is -1.91. The predicted octanol–water partition coefficient (Wildman–Crippen LogP) is 3.73. The number of rotatable bonds is 4. The zero-order valence-electron chi connectivity index (χ0n) is 8.70. The molecule has 2 rings (SSSR count). The van der Waals surface area contributed by atoms with Gasteiger partial charge in [-0.1, -0.05) is 0 Å². The molecule has 0 radical (unpaired) electrons. The molecule has 0 saturated heterocycles. The molecular weight excluding hydrogens is 233 g/mol. The Bertz CT molecular complexity index is 481. The lowest BCUT2D eigenvalue weighted by molar-refractivity contribution is 0.0799. The first-order valence-electron chi connectivity index (χ1n) is 4.91. The maximum atomic E-state index is 13.5. The lowest BCUT2D eigenvalue weighted by Gasteiger charge is -2.07. The first kappa shape index (κ1) is 11.6. The van der Waals surface area contributed by atoms with Gasteiger partial charge in [-0.25, -0.2) is 13.2 Å². The van der Waals surface area contributed by atoms with Crippen molar-refractivity contribution >= 4 is 0 Å². The van der Waals surface area contributed by atoms with E-state index in [0.717, 1.165) is 0 Å². The monoisotopic (exact) mass is 242 g/mol. The largest absolute Gasteiger partial charge is 0.485 e. The van der Waals surface area contributed by atoms with Crippen LogP contribution in [-0.2, 0) is 0 Å². The minimum Gasteiger partial charge on any atom is -0.485 e. The smallest absolute Gasteiger partial charge is 0.272 e. The van der Waals surface area contributed by atoms with Crippen molar-refractivity contribution in [1.82, 2.24) is 0 Å². The molecule has 0 amide bonds. The Morgan fingerprint density at radius 2 is 2.06 bits per heavy atom. The molecule has 0 aliphatic carbocycles. The van der Waals surface area contributed by atoms with Gasteiger partial charge in [0.2, 0.25) is 0 Å². The maximum Gasteiger partial charge on any atom is 0.272 e. The van der Waals surface area contributed by atoms with E-state index < -0.39 is 18.8 Å². The summed E-state index contributed by atoms with van der Waals surface area (Å²) in [5.41, 5.74) is 0.525. The van der Waals surface area contributed by atoms with Gasteiger partial charge in [-0.15, -0.1) is 0 Å². The van der Waals surface area contributed by atoms with E-state index in [2.05, 4.69) is 4.74 Å². The number of halogens is 3. The standard InChI is InChI=1S/C12H9F3O2/c13-9-6-8(10-2-1-5-16-10)3-4-11(9)17-7-12(14)15/h1-6,12H,7H2. The fraction of sp³-hybridized carbons (Fsp3) is 0.167. The van der Waals surface area contributed by atoms with Crippen LogP contribution in [0.15, 0.2) is 41.0 Å². The summed E-state index contributed by atoms with van der Waals surface area (Å²) >= 11 is 0. The fourth-order valence-corrected chi connectivity index (χ4v) is 1.37. The molecule has 2 nitrogen and oxygen atoms in total. The zero-order chi connectivity index (χ0) is 12.3. The van der Waals surface area contributed by atoms with Crippen LogP contribution in [0, 0.1) is 5.82 Å². The quantitative estimate of drug-likeness (QED) is 0.815. The van der Waals surface area contributed by atoms with Crippen molar-refractivity contribution in [1.29, 1.82) is 0 Å². The minimum atomic E-state index is -2.63. The van der Waals surface area contributed by atoms with Crippen LogP contribution in [0.3, 0.4) is 0 Å². The van der Waals surface area contributed by atoms with Crippen molar-refractivity contribution in [2.45, 2.75) is 6.43 Å². The SMILES string of the molecule is Fc1cc(-c2ccco2)ccc1OCC(F)F. The first-order valence-corrected chi connectivity index (χ1v) is 4.91. The van der Waals surface area contributed by atoms with Crippen molar-refractivity contribution in [3.05, 3.63) is 42.4 Å². The van der Waals surface area contributed by atoms with Gasteiger partial charge in [0.1, 0.15) is 12.4 Å². The summed E-state index contributed by atoms with van der Waals surface area (Å²) in [6.45, 7) is -0.822. The second-order valence-electron chi connectivity index (χ2n) is 3.32. The van der Waals surface area contributed by atoms with Crippen LogP contribution in [-0.4, -0.2) is 13.0 Å². The Labute approximate surface area is 95.6 Å². The van der Waals surface area contributed by atoms with Crippen molar-refractivity contribution in [3.63, 3.8) is 0 Å². The highest BCUT2D eigenvalue weighted by atomic mass is 19.3. The van der Waals surface area contributed by atoms with Crippen LogP contribution in [0.1, 0.15) is 0 Å².